The Morgan fingerprint density at radius 1 is 0.808 bits per heavy atom. The van der Waals surface area contributed by atoms with Crippen LogP contribution in [0.5, 0.6) is 11.5 Å². The highest BCUT2D eigenvalue weighted by Gasteiger charge is 2.14. The highest BCUT2D eigenvalue weighted by Crippen LogP contribution is 2.38. The number of rotatable bonds is 8. The molecule has 3 aromatic carbocycles. The first-order valence-electron chi connectivity index (χ1n) is 8.62. The lowest BCUT2D eigenvalue weighted by Crippen LogP contribution is -2.27. The largest absolute Gasteiger partial charge is 0.493 e. The Hall–Kier alpha value is -1.68. The monoisotopic (exact) mass is 391 g/mol. The van der Waals surface area contributed by atoms with E-state index in [9.17, 15) is 0 Å². The Morgan fingerprint density at radius 2 is 1.42 bits per heavy atom. The molecule has 0 aliphatic rings. The van der Waals surface area contributed by atoms with Gasteiger partial charge in [-0.15, -0.1) is 23.2 Å². The number of halogens is 2. The Kier molecular flexibility index (Phi) is 6.47. The molecule has 138 valence electrons. The van der Waals surface area contributed by atoms with Gasteiger partial charge in [0, 0.05) is 31.4 Å². The van der Waals surface area contributed by atoms with E-state index >= 15 is 0 Å². The van der Waals surface area contributed by atoms with Crippen molar-refractivity contribution >= 4 is 44.7 Å². The number of fused-ring (bicyclic) bond motifs is 3. The van der Waals surface area contributed by atoms with Gasteiger partial charge in [-0.1, -0.05) is 24.3 Å². The molecule has 0 aliphatic heterocycles. The van der Waals surface area contributed by atoms with Crippen molar-refractivity contribution in [3.05, 3.63) is 48.0 Å². The van der Waals surface area contributed by atoms with Crippen LogP contribution in [-0.4, -0.2) is 44.0 Å². The van der Waals surface area contributed by atoms with Gasteiger partial charge in [-0.25, -0.2) is 0 Å². The van der Waals surface area contributed by atoms with Crippen molar-refractivity contribution < 1.29 is 9.47 Å². The van der Waals surface area contributed by atoms with Crippen LogP contribution in [0.15, 0.2) is 42.5 Å². The molecular formula is C21H23Cl2NO2. The summed E-state index contributed by atoms with van der Waals surface area (Å²) in [6.45, 7) is 2.39. The van der Waals surface area contributed by atoms with E-state index in [1.807, 2.05) is 0 Å². The third-order valence-electron chi connectivity index (χ3n) is 4.65. The molecule has 26 heavy (non-hydrogen) atoms. The van der Waals surface area contributed by atoms with Crippen molar-refractivity contribution in [2.24, 2.45) is 0 Å². The summed E-state index contributed by atoms with van der Waals surface area (Å²) in [6.07, 6.45) is 0. The molecule has 0 N–H and O–H groups in total. The van der Waals surface area contributed by atoms with E-state index in [2.05, 4.69) is 47.4 Å². The summed E-state index contributed by atoms with van der Waals surface area (Å²) in [7, 11) is 3.33. The van der Waals surface area contributed by atoms with Gasteiger partial charge < -0.3 is 9.47 Å². The second kappa shape index (κ2) is 8.81. The average molecular weight is 392 g/mol. The molecule has 3 nitrogen and oxygen atoms in total. The van der Waals surface area contributed by atoms with Crippen LogP contribution in [0.2, 0.25) is 0 Å². The lowest BCUT2D eigenvalue weighted by molar-refractivity contribution is 0.300. The van der Waals surface area contributed by atoms with E-state index in [1.54, 1.807) is 14.2 Å². The third-order valence-corrected chi connectivity index (χ3v) is 4.98. The van der Waals surface area contributed by atoms with Crippen molar-refractivity contribution in [2.75, 3.05) is 39.1 Å². The smallest absolute Gasteiger partial charge is 0.161 e. The predicted molar refractivity (Wildman–Crippen MR) is 111 cm³/mol. The molecule has 0 aromatic heterocycles. The SMILES string of the molecule is COc1cc2c(CN(CCCl)CCCl)cc3ccccc3c2cc1OC. The fourth-order valence-corrected chi connectivity index (χ4v) is 3.86. The van der Waals surface area contributed by atoms with Crippen molar-refractivity contribution in [3.63, 3.8) is 0 Å². The summed E-state index contributed by atoms with van der Waals surface area (Å²) >= 11 is 12.0. The third kappa shape index (κ3) is 3.85. The van der Waals surface area contributed by atoms with E-state index in [-0.39, 0.29) is 0 Å². The van der Waals surface area contributed by atoms with Crippen molar-refractivity contribution in [1.82, 2.24) is 4.90 Å². The second-order valence-corrected chi connectivity index (χ2v) is 6.92. The Bertz CT molecular complexity index is 892. The van der Waals surface area contributed by atoms with Gasteiger partial charge in [0.15, 0.2) is 11.5 Å². The van der Waals surface area contributed by atoms with Crippen molar-refractivity contribution in [3.8, 4) is 11.5 Å². The first kappa shape index (κ1) is 19.1. The molecule has 0 fully saturated rings. The zero-order valence-corrected chi connectivity index (χ0v) is 16.6. The standard InChI is InChI=1S/C21H23Cl2NO2/c1-25-20-12-18-16(14-24(9-7-22)10-8-23)11-15-5-3-4-6-17(15)19(18)13-21(20)26-2/h3-6,11-13H,7-10,14H2,1-2H3. The molecular weight excluding hydrogens is 369 g/mol. The first-order valence-corrected chi connectivity index (χ1v) is 9.69. The van der Waals surface area contributed by atoms with Gasteiger partial charge in [0.05, 0.1) is 14.2 Å². The number of ether oxygens (including phenoxy) is 2. The normalized spacial score (nSPS) is 11.4. The number of methoxy groups -OCH3 is 2. The van der Waals surface area contributed by atoms with Gasteiger partial charge in [0.25, 0.3) is 0 Å². The van der Waals surface area contributed by atoms with Crippen molar-refractivity contribution in [1.29, 1.82) is 0 Å². The Morgan fingerprint density at radius 3 is 2.04 bits per heavy atom. The second-order valence-electron chi connectivity index (χ2n) is 6.16. The maximum absolute atomic E-state index is 5.98. The highest BCUT2D eigenvalue weighted by atomic mass is 35.5. The van der Waals surface area contributed by atoms with E-state index < -0.39 is 0 Å². The number of alkyl halides is 2. The van der Waals surface area contributed by atoms with Crippen LogP contribution in [0, 0.1) is 0 Å². The Balaban J connectivity index is 2.22. The molecule has 0 saturated heterocycles. The zero-order valence-electron chi connectivity index (χ0n) is 15.1. The Labute approximate surface area is 164 Å². The van der Waals surface area contributed by atoms with Gasteiger partial charge in [0.1, 0.15) is 0 Å². The summed E-state index contributed by atoms with van der Waals surface area (Å²) in [6, 6.07) is 14.8. The van der Waals surface area contributed by atoms with Crippen LogP contribution in [-0.2, 0) is 6.54 Å². The number of hydrogen-bond donors (Lipinski definition) is 0. The van der Waals surface area contributed by atoms with Crippen LogP contribution in [0.4, 0.5) is 0 Å². The fourth-order valence-electron chi connectivity index (χ4n) is 3.38. The molecule has 0 radical (unpaired) electrons. The molecule has 0 bridgehead atoms. The van der Waals surface area contributed by atoms with Crippen LogP contribution >= 0.6 is 23.2 Å². The molecule has 0 saturated carbocycles. The lowest BCUT2D eigenvalue weighted by Gasteiger charge is -2.22. The number of nitrogens with zero attached hydrogens (tertiary/aromatic N) is 1. The summed E-state index contributed by atoms with van der Waals surface area (Å²) in [5.74, 6) is 2.64. The molecule has 3 rings (SSSR count). The molecule has 0 heterocycles. The lowest BCUT2D eigenvalue weighted by atomic mass is 9.96. The molecule has 0 atom stereocenters. The van der Waals surface area contributed by atoms with Crippen LogP contribution in [0.3, 0.4) is 0 Å². The molecule has 0 spiro atoms. The van der Waals surface area contributed by atoms with Gasteiger partial charge in [0.2, 0.25) is 0 Å². The maximum atomic E-state index is 5.98. The highest BCUT2D eigenvalue weighted by molar-refractivity contribution is 6.18. The molecule has 0 amide bonds. The van der Waals surface area contributed by atoms with Gasteiger partial charge >= 0.3 is 0 Å². The first-order chi connectivity index (χ1) is 12.7. The van der Waals surface area contributed by atoms with Crippen LogP contribution in [0.25, 0.3) is 21.5 Å². The van der Waals surface area contributed by atoms with E-state index in [0.29, 0.717) is 11.8 Å². The number of benzene rings is 3. The van der Waals surface area contributed by atoms with Gasteiger partial charge in [-0.05, 0) is 45.3 Å². The molecule has 0 unspecified atom stereocenters. The fraction of sp³-hybridized carbons (Fsp3) is 0.333. The molecule has 3 aromatic rings. The predicted octanol–water partition coefficient (Wildman–Crippen LogP) is 5.29. The van der Waals surface area contributed by atoms with Crippen LogP contribution in [0.1, 0.15) is 5.56 Å². The topological polar surface area (TPSA) is 21.7 Å². The van der Waals surface area contributed by atoms with Crippen molar-refractivity contribution in [2.45, 2.75) is 6.54 Å². The van der Waals surface area contributed by atoms with Gasteiger partial charge in [-0.3, -0.25) is 4.90 Å². The maximum Gasteiger partial charge on any atom is 0.161 e. The minimum absolute atomic E-state index is 0.583. The van der Waals surface area contributed by atoms with E-state index in [0.717, 1.165) is 41.9 Å². The van der Waals surface area contributed by atoms with E-state index in [4.69, 9.17) is 32.7 Å². The number of hydrogen-bond acceptors (Lipinski definition) is 3. The summed E-state index contributed by atoms with van der Waals surface area (Å²) in [5, 5.41) is 4.73. The zero-order chi connectivity index (χ0) is 18.5. The van der Waals surface area contributed by atoms with E-state index in [1.165, 1.54) is 16.3 Å². The quantitative estimate of drug-likeness (QED) is 0.384. The molecule has 0 aliphatic carbocycles. The minimum atomic E-state index is 0.583. The summed E-state index contributed by atoms with van der Waals surface area (Å²) in [4.78, 5) is 2.28. The average Bonchev–Trinajstić information content (AvgIpc) is 2.67. The summed E-state index contributed by atoms with van der Waals surface area (Å²) < 4.78 is 11.1. The van der Waals surface area contributed by atoms with Gasteiger partial charge in [-0.2, -0.15) is 0 Å². The van der Waals surface area contributed by atoms with Crippen LogP contribution < -0.4 is 9.47 Å². The molecule has 5 heteroatoms. The summed E-state index contributed by atoms with van der Waals surface area (Å²) in [5.41, 5.74) is 1.23. The minimum Gasteiger partial charge on any atom is -0.493 e.